The quantitative estimate of drug-likeness (QED) is 0.217. The molecule has 9 rings (SSSR count). The van der Waals surface area contributed by atoms with Crippen LogP contribution in [0.1, 0.15) is 0 Å². The number of nitrogens with zero attached hydrogens (tertiary/aromatic N) is 2. The molecular formula is C36H21ClN2O. The van der Waals surface area contributed by atoms with E-state index in [9.17, 15) is 0 Å². The molecule has 0 aliphatic heterocycles. The Kier molecular flexibility index (Phi) is 4.38. The van der Waals surface area contributed by atoms with Crippen LogP contribution in [-0.4, -0.2) is 9.13 Å². The molecule has 0 saturated heterocycles. The minimum absolute atomic E-state index is 0.650. The van der Waals surface area contributed by atoms with Gasteiger partial charge in [0, 0.05) is 32.3 Å². The normalized spacial score (nSPS) is 12.1. The first-order chi connectivity index (χ1) is 19.8. The molecule has 3 nitrogen and oxygen atoms in total. The molecule has 0 saturated carbocycles. The molecule has 0 bridgehead atoms. The van der Waals surface area contributed by atoms with Crippen molar-refractivity contribution in [2.75, 3.05) is 0 Å². The first-order valence-electron chi connectivity index (χ1n) is 13.4. The molecule has 0 radical (unpaired) electrons. The summed E-state index contributed by atoms with van der Waals surface area (Å²) in [5.74, 6) is 0. The average Bonchev–Trinajstić information content (AvgIpc) is 3.65. The van der Waals surface area contributed by atoms with Crippen LogP contribution in [0.25, 0.3) is 76.9 Å². The van der Waals surface area contributed by atoms with Crippen molar-refractivity contribution in [1.29, 1.82) is 0 Å². The number of hydrogen-bond donors (Lipinski definition) is 0. The molecule has 40 heavy (non-hydrogen) atoms. The summed E-state index contributed by atoms with van der Waals surface area (Å²) in [6, 6.07) is 44.5. The number of para-hydroxylation sites is 5. The number of benzene rings is 6. The van der Waals surface area contributed by atoms with E-state index in [1.807, 2.05) is 6.07 Å². The lowest BCUT2D eigenvalue weighted by atomic mass is 10.1. The van der Waals surface area contributed by atoms with E-state index in [4.69, 9.17) is 16.0 Å². The lowest BCUT2D eigenvalue weighted by Crippen LogP contribution is -1.95. The predicted molar refractivity (Wildman–Crippen MR) is 167 cm³/mol. The first-order valence-corrected chi connectivity index (χ1v) is 13.8. The Morgan fingerprint density at radius 3 is 1.40 bits per heavy atom. The average molecular weight is 533 g/mol. The molecule has 0 aliphatic rings. The van der Waals surface area contributed by atoms with Gasteiger partial charge in [0.15, 0.2) is 11.2 Å². The summed E-state index contributed by atoms with van der Waals surface area (Å²) < 4.78 is 11.5. The highest BCUT2D eigenvalue weighted by atomic mass is 35.5. The monoisotopic (exact) mass is 532 g/mol. The van der Waals surface area contributed by atoms with E-state index in [1.165, 1.54) is 21.5 Å². The van der Waals surface area contributed by atoms with E-state index < -0.39 is 0 Å². The number of halogens is 1. The molecule has 6 aromatic carbocycles. The molecule has 3 aromatic heterocycles. The summed E-state index contributed by atoms with van der Waals surface area (Å²) in [5.41, 5.74) is 7.99. The van der Waals surface area contributed by atoms with Crippen molar-refractivity contribution in [2.24, 2.45) is 0 Å². The van der Waals surface area contributed by atoms with Crippen molar-refractivity contribution >= 4 is 77.2 Å². The first kappa shape index (κ1) is 21.9. The standard InChI is InChI=1S/C36H21ClN2O/c37-28-21-20-27-26-14-9-19-33(38-29-15-5-1-10-22(29)23-11-2-6-16-30(23)38)35(26)40-36(27)34(28)39-31-17-7-3-12-24(31)25-13-4-8-18-32(25)39/h1-21H. The number of furan rings is 1. The summed E-state index contributed by atoms with van der Waals surface area (Å²) in [6.07, 6.45) is 0. The maximum absolute atomic E-state index is 7.03. The second kappa shape index (κ2) is 8.01. The van der Waals surface area contributed by atoms with Crippen LogP contribution in [0.4, 0.5) is 0 Å². The summed E-state index contributed by atoms with van der Waals surface area (Å²) in [4.78, 5) is 0. The van der Waals surface area contributed by atoms with Gasteiger partial charge in [0.2, 0.25) is 0 Å². The minimum Gasteiger partial charge on any atom is -0.452 e. The highest BCUT2D eigenvalue weighted by Gasteiger charge is 2.22. The molecule has 0 spiro atoms. The second-order valence-corrected chi connectivity index (χ2v) is 10.7. The zero-order chi connectivity index (χ0) is 26.4. The third kappa shape index (κ3) is 2.79. The molecular weight excluding hydrogens is 512 g/mol. The molecule has 0 aliphatic carbocycles. The van der Waals surface area contributed by atoms with E-state index in [0.717, 1.165) is 55.4 Å². The SMILES string of the molecule is Clc1ccc2c(oc3c(-n4c5ccccc5c5ccccc54)cccc32)c1-n1c2ccccc2c2ccccc21. The van der Waals surface area contributed by atoms with Crippen LogP contribution in [0.5, 0.6) is 0 Å². The van der Waals surface area contributed by atoms with Crippen molar-refractivity contribution in [2.45, 2.75) is 0 Å². The molecule has 0 N–H and O–H groups in total. The number of hydrogen-bond acceptors (Lipinski definition) is 1. The summed E-state index contributed by atoms with van der Waals surface area (Å²) in [5, 5.41) is 7.57. The van der Waals surface area contributed by atoms with Crippen LogP contribution < -0.4 is 0 Å². The predicted octanol–water partition coefficient (Wildman–Crippen LogP) is 10.4. The molecule has 9 aromatic rings. The largest absolute Gasteiger partial charge is 0.452 e. The molecule has 188 valence electrons. The molecule has 0 amide bonds. The summed E-state index contributed by atoms with van der Waals surface area (Å²) in [6.45, 7) is 0. The van der Waals surface area contributed by atoms with Crippen LogP contribution >= 0.6 is 11.6 Å². The fraction of sp³-hybridized carbons (Fsp3) is 0. The smallest absolute Gasteiger partial charge is 0.161 e. The van der Waals surface area contributed by atoms with Gasteiger partial charge in [-0.1, -0.05) is 96.5 Å². The maximum Gasteiger partial charge on any atom is 0.161 e. The van der Waals surface area contributed by atoms with Crippen molar-refractivity contribution in [1.82, 2.24) is 9.13 Å². The number of fused-ring (bicyclic) bond motifs is 9. The topological polar surface area (TPSA) is 23.0 Å². The fourth-order valence-corrected chi connectivity index (χ4v) is 6.77. The molecule has 0 fully saturated rings. The van der Waals surface area contributed by atoms with E-state index in [-0.39, 0.29) is 0 Å². The van der Waals surface area contributed by atoms with Crippen molar-refractivity contribution < 1.29 is 4.42 Å². The second-order valence-electron chi connectivity index (χ2n) is 10.3. The van der Waals surface area contributed by atoms with Crippen LogP contribution in [0, 0.1) is 0 Å². The lowest BCUT2D eigenvalue weighted by Gasteiger charge is -2.10. The van der Waals surface area contributed by atoms with Gasteiger partial charge in [-0.15, -0.1) is 0 Å². The van der Waals surface area contributed by atoms with Gasteiger partial charge in [-0.05, 0) is 42.5 Å². The minimum atomic E-state index is 0.650. The highest BCUT2D eigenvalue weighted by Crippen LogP contribution is 2.43. The Balaban J connectivity index is 1.43. The van der Waals surface area contributed by atoms with Crippen molar-refractivity contribution in [3.8, 4) is 11.4 Å². The Bertz CT molecular complexity index is 2350. The van der Waals surface area contributed by atoms with E-state index in [0.29, 0.717) is 5.02 Å². The van der Waals surface area contributed by atoms with Crippen LogP contribution in [0.2, 0.25) is 5.02 Å². The highest BCUT2D eigenvalue weighted by molar-refractivity contribution is 6.34. The molecule has 0 atom stereocenters. The zero-order valence-corrected chi connectivity index (χ0v) is 22.1. The summed E-state index contributed by atoms with van der Waals surface area (Å²) in [7, 11) is 0. The van der Waals surface area contributed by atoms with Gasteiger partial charge in [-0.3, -0.25) is 0 Å². The fourth-order valence-electron chi connectivity index (χ4n) is 6.54. The maximum atomic E-state index is 7.03. The van der Waals surface area contributed by atoms with Gasteiger partial charge in [0.25, 0.3) is 0 Å². The zero-order valence-electron chi connectivity index (χ0n) is 21.3. The Labute approximate surface area is 234 Å². The van der Waals surface area contributed by atoms with Crippen molar-refractivity contribution in [3.05, 3.63) is 132 Å². The third-order valence-corrected chi connectivity index (χ3v) is 8.50. The molecule has 3 heterocycles. The van der Waals surface area contributed by atoms with Gasteiger partial charge in [-0.2, -0.15) is 0 Å². The molecule has 0 unspecified atom stereocenters. The van der Waals surface area contributed by atoms with Gasteiger partial charge in [0.1, 0.15) is 5.69 Å². The van der Waals surface area contributed by atoms with Crippen LogP contribution in [0.15, 0.2) is 132 Å². The molecule has 4 heteroatoms. The Morgan fingerprint density at radius 2 is 0.850 bits per heavy atom. The van der Waals surface area contributed by atoms with Crippen LogP contribution in [-0.2, 0) is 0 Å². The van der Waals surface area contributed by atoms with E-state index >= 15 is 0 Å². The Hall–Kier alpha value is -4.99. The lowest BCUT2D eigenvalue weighted by molar-refractivity contribution is 0.664. The Morgan fingerprint density at radius 1 is 0.400 bits per heavy atom. The third-order valence-electron chi connectivity index (χ3n) is 8.20. The van der Waals surface area contributed by atoms with Crippen LogP contribution in [0.3, 0.4) is 0 Å². The number of aromatic nitrogens is 2. The van der Waals surface area contributed by atoms with Gasteiger partial charge in [0.05, 0.1) is 32.8 Å². The summed E-state index contributed by atoms with van der Waals surface area (Å²) >= 11 is 7.03. The van der Waals surface area contributed by atoms with Crippen molar-refractivity contribution in [3.63, 3.8) is 0 Å². The van der Waals surface area contributed by atoms with Gasteiger partial charge >= 0.3 is 0 Å². The number of rotatable bonds is 2. The van der Waals surface area contributed by atoms with E-state index in [2.05, 4.69) is 130 Å². The van der Waals surface area contributed by atoms with E-state index in [1.54, 1.807) is 0 Å². The van der Waals surface area contributed by atoms with Gasteiger partial charge < -0.3 is 13.6 Å². The van der Waals surface area contributed by atoms with Gasteiger partial charge in [-0.25, -0.2) is 0 Å².